The molecule has 0 rings (SSSR count). The number of esters is 1. The van der Waals surface area contributed by atoms with Crippen LogP contribution in [0.2, 0.25) is 0 Å². The molecule has 0 fully saturated rings. The molecule has 0 aromatic carbocycles. The summed E-state index contributed by atoms with van der Waals surface area (Å²) in [6.07, 6.45) is 42.0. The predicted octanol–water partition coefficient (Wildman–Crippen LogP) is 12.4. The lowest BCUT2D eigenvalue weighted by molar-refractivity contribution is -0.150. The van der Waals surface area contributed by atoms with Crippen molar-refractivity contribution in [2.45, 2.75) is 206 Å². The van der Waals surface area contributed by atoms with Crippen molar-refractivity contribution >= 4 is 11.9 Å². The monoisotopic (exact) mass is 591 g/mol. The zero-order chi connectivity index (χ0) is 30.8. The van der Waals surface area contributed by atoms with Crippen molar-refractivity contribution < 1.29 is 19.4 Å². The molecule has 0 amide bonds. The second-order valence-corrected chi connectivity index (χ2v) is 12.4. The topological polar surface area (TPSA) is 63.6 Å². The van der Waals surface area contributed by atoms with Crippen LogP contribution in [-0.2, 0) is 14.3 Å². The number of hydrogen-bond acceptors (Lipinski definition) is 3. The molecule has 0 saturated carbocycles. The van der Waals surface area contributed by atoms with E-state index in [-0.39, 0.29) is 12.1 Å². The van der Waals surface area contributed by atoms with Gasteiger partial charge >= 0.3 is 11.9 Å². The number of carbonyl (C=O) groups is 2. The first-order valence-corrected chi connectivity index (χ1v) is 18.3. The Labute approximate surface area is 261 Å². The first kappa shape index (κ1) is 40.4. The number of unbranched alkanes of at least 4 members (excludes halogenated alkanes) is 20. The van der Waals surface area contributed by atoms with Crippen LogP contribution in [0.3, 0.4) is 0 Å². The van der Waals surface area contributed by atoms with Gasteiger partial charge in [-0.2, -0.15) is 0 Å². The summed E-state index contributed by atoms with van der Waals surface area (Å²) < 4.78 is 5.99. The molecule has 1 atom stereocenters. The van der Waals surface area contributed by atoms with Crippen molar-refractivity contribution in [2.24, 2.45) is 0 Å². The lowest BCUT2D eigenvalue weighted by atomic mass is 10.0. The molecular formula is C38H70O4. The number of hydrogen-bond donors (Lipinski definition) is 1. The van der Waals surface area contributed by atoms with Gasteiger partial charge in [0, 0.05) is 12.8 Å². The second-order valence-electron chi connectivity index (χ2n) is 12.4. The van der Waals surface area contributed by atoms with Crippen LogP contribution in [0.5, 0.6) is 0 Å². The number of rotatable bonds is 33. The Kier molecular flexibility index (Phi) is 32.6. The highest BCUT2D eigenvalue weighted by molar-refractivity contribution is 5.69. The van der Waals surface area contributed by atoms with Crippen LogP contribution < -0.4 is 0 Å². The Balaban J connectivity index is 3.98. The van der Waals surface area contributed by atoms with E-state index >= 15 is 0 Å². The van der Waals surface area contributed by atoms with Crippen molar-refractivity contribution in [3.8, 4) is 0 Å². The van der Waals surface area contributed by atoms with Gasteiger partial charge in [0.1, 0.15) is 6.10 Å². The van der Waals surface area contributed by atoms with Crippen LogP contribution in [-0.4, -0.2) is 23.1 Å². The molecule has 0 spiro atoms. The predicted molar refractivity (Wildman–Crippen MR) is 181 cm³/mol. The van der Waals surface area contributed by atoms with E-state index < -0.39 is 5.97 Å². The maximum Gasteiger partial charge on any atom is 0.306 e. The van der Waals surface area contributed by atoms with Crippen LogP contribution in [0, 0.1) is 0 Å². The molecule has 0 radical (unpaired) electrons. The molecule has 0 aromatic heterocycles. The molecule has 42 heavy (non-hydrogen) atoms. The SMILES string of the molecule is CCCCC/C=C\C/C=C\CCCCCCCC(=O)OC(CCCCCCCC)CCCCCCCCCCC(=O)O. The van der Waals surface area contributed by atoms with E-state index in [1.807, 2.05) is 0 Å². The molecule has 0 saturated heterocycles. The average molecular weight is 591 g/mol. The molecule has 246 valence electrons. The second kappa shape index (κ2) is 33.9. The molecule has 1 unspecified atom stereocenters. The fourth-order valence-electron chi connectivity index (χ4n) is 5.45. The van der Waals surface area contributed by atoms with Gasteiger partial charge in [0.05, 0.1) is 0 Å². The van der Waals surface area contributed by atoms with Crippen molar-refractivity contribution in [1.82, 2.24) is 0 Å². The Morgan fingerprint density at radius 2 is 0.929 bits per heavy atom. The number of carbonyl (C=O) groups excluding carboxylic acids is 1. The third-order valence-corrected chi connectivity index (χ3v) is 8.18. The molecular weight excluding hydrogens is 520 g/mol. The highest BCUT2D eigenvalue weighted by atomic mass is 16.5. The fraction of sp³-hybridized carbons (Fsp3) is 0.842. The molecule has 1 N–H and O–H groups in total. The summed E-state index contributed by atoms with van der Waals surface area (Å²) >= 11 is 0. The van der Waals surface area contributed by atoms with Crippen molar-refractivity contribution in [1.29, 1.82) is 0 Å². The van der Waals surface area contributed by atoms with Crippen LogP contribution in [0.25, 0.3) is 0 Å². The molecule has 0 heterocycles. The zero-order valence-electron chi connectivity index (χ0n) is 28.1. The van der Waals surface area contributed by atoms with E-state index in [0.717, 1.165) is 57.8 Å². The maximum absolute atomic E-state index is 12.6. The van der Waals surface area contributed by atoms with Gasteiger partial charge in [0.2, 0.25) is 0 Å². The van der Waals surface area contributed by atoms with Gasteiger partial charge < -0.3 is 9.84 Å². The lowest BCUT2D eigenvalue weighted by Gasteiger charge is -2.18. The number of allylic oxidation sites excluding steroid dienone is 4. The first-order chi connectivity index (χ1) is 20.6. The number of carboxylic acids is 1. The maximum atomic E-state index is 12.6. The van der Waals surface area contributed by atoms with E-state index in [1.54, 1.807) is 0 Å². The molecule has 0 aliphatic heterocycles. The third-order valence-electron chi connectivity index (χ3n) is 8.18. The summed E-state index contributed by atoms with van der Waals surface area (Å²) in [6.45, 7) is 4.50. The summed E-state index contributed by atoms with van der Waals surface area (Å²) in [5, 5.41) is 8.72. The van der Waals surface area contributed by atoms with Crippen LogP contribution in [0.1, 0.15) is 200 Å². The summed E-state index contributed by atoms with van der Waals surface area (Å²) in [4.78, 5) is 23.2. The molecule has 0 aliphatic carbocycles. The number of aliphatic carboxylic acids is 1. The standard InChI is InChI=1S/C38H70O4/c1-3-5-7-9-11-12-13-14-15-16-17-18-23-27-31-35-38(41)42-36(32-28-24-10-8-6-4-2)33-29-25-21-19-20-22-26-30-34-37(39)40/h11-12,14-15,36H,3-10,13,16-35H2,1-2H3,(H,39,40)/b12-11-,15-14-. The van der Waals surface area contributed by atoms with Gasteiger partial charge in [-0.25, -0.2) is 0 Å². The van der Waals surface area contributed by atoms with Crippen molar-refractivity contribution in [3.63, 3.8) is 0 Å². The Morgan fingerprint density at radius 3 is 1.45 bits per heavy atom. The molecule has 4 nitrogen and oxygen atoms in total. The van der Waals surface area contributed by atoms with Crippen molar-refractivity contribution in [3.05, 3.63) is 24.3 Å². The highest BCUT2D eigenvalue weighted by Gasteiger charge is 2.14. The minimum atomic E-state index is -0.683. The number of ether oxygens (including phenoxy) is 1. The van der Waals surface area contributed by atoms with E-state index in [4.69, 9.17) is 9.84 Å². The lowest BCUT2D eigenvalue weighted by Crippen LogP contribution is -2.18. The minimum absolute atomic E-state index is 0.0121. The molecule has 0 aromatic rings. The Bertz CT molecular complexity index is 639. The summed E-state index contributed by atoms with van der Waals surface area (Å²) in [7, 11) is 0. The third kappa shape index (κ3) is 32.9. The molecule has 0 bridgehead atoms. The van der Waals surface area contributed by atoms with Gasteiger partial charge in [-0.3, -0.25) is 9.59 Å². The van der Waals surface area contributed by atoms with E-state index in [9.17, 15) is 9.59 Å². The molecule has 0 aliphatic rings. The Hall–Kier alpha value is -1.58. The van der Waals surface area contributed by atoms with Crippen LogP contribution >= 0.6 is 0 Å². The quantitative estimate of drug-likeness (QED) is 0.0469. The summed E-state index contributed by atoms with van der Waals surface area (Å²) in [6, 6.07) is 0. The van der Waals surface area contributed by atoms with Gasteiger partial charge in [0.15, 0.2) is 0 Å². The Morgan fingerprint density at radius 1 is 0.524 bits per heavy atom. The van der Waals surface area contributed by atoms with Gasteiger partial charge in [-0.15, -0.1) is 0 Å². The fourth-order valence-corrected chi connectivity index (χ4v) is 5.45. The molecule has 4 heteroatoms. The normalized spacial score (nSPS) is 12.4. The van der Waals surface area contributed by atoms with E-state index in [0.29, 0.717) is 12.8 Å². The summed E-state index contributed by atoms with van der Waals surface area (Å²) in [5.41, 5.74) is 0. The first-order valence-electron chi connectivity index (χ1n) is 18.3. The zero-order valence-corrected chi connectivity index (χ0v) is 28.1. The van der Waals surface area contributed by atoms with Crippen molar-refractivity contribution in [2.75, 3.05) is 0 Å². The van der Waals surface area contributed by atoms with Gasteiger partial charge in [0.25, 0.3) is 0 Å². The smallest absolute Gasteiger partial charge is 0.306 e. The van der Waals surface area contributed by atoms with E-state index in [2.05, 4.69) is 38.2 Å². The van der Waals surface area contributed by atoms with Crippen LogP contribution in [0.4, 0.5) is 0 Å². The van der Waals surface area contributed by atoms with Crippen LogP contribution in [0.15, 0.2) is 24.3 Å². The minimum Gasteiger partial charge on any atom is -0.481 e. The largest absolute Gasteiger partial charge is 0.481 e. The van der Waals surface area contributed by atoms with Gasteiger partial charge in [-0.1, -0.05) is 141 Å². The summed E-state index contributed by atoms with van der Waals surface area (Å²) in [5.74, 6) is -0.671. The van der Waals surface area contributed by atoms with E-state index in [1.165, 1.54) is 116 Å². The number of carboxylic acid groups (broad SMARTS) is 1. The van der Waals surface area contributed by atoms with Gasteiger partial charge in [-0.05, 0) is 70.6 Å². The highest BCUT2D eigenvalue weighted by Crippen LogP contribution is 2.19. The average Bonchev–Trinajstić information content (AvgIpc) is 2.97.